The molecule has 3 aliphatic heterocycles. The molecule has 0 spiro atoms. The predicted octanol–water partition coefficient (Wildman–Crippen LogP) is 1.09. The second-order valence-electron chi connectivity index (χ2n) is 7.65. The van der Waals surface area contributed by atoms with E-state index in [0.717, 1.165) is 5.56 Å². The molecule has 0 saturated carbocycles. The minimum absolute atomic E-state index is 0.0602. The number of hydrogen-bond donors (Lipinski definition) is 2. The molecule has 0 radical (unpaired) electrons. The lowest BCUT2D eigenvalue weighted by molar-refractivity contribution is -0.146. The average molecular weight is 414 g/mol. The van der Waals surface area contributed by atoms with E-state index in [-0.39, 0.29) is 44.4 Å². The molecule has 4 unspecified atom stereocenters. The lowest BCUT2D eigenvalue weighted by Crippen LogP contribution is -2.45. The third-order valence-corrected chi connectivity index (χ3v) is 5.70. The summed E-state index contributed by atoms with van der Waals surface area (Å²) < 4.78 is 11.2. The Bertz CT molecular complexity index is 900. The van der Waals surface area contributed by atoms with Crippen LogP contribution in [0.15, 0.2) is 42.5 Å². The Labute approximate surface area is 172 Å². The lowest BCUT2D eigenvalue weighted by Gasteiger charge is -2.28. The summed E-state index contributed by atoms with van der Waals surface area (Å²) in [7, 11) is 0. The summed E-state index contributed by atoms with van der Waals surface area (Å²) in [6.45, 7) is 0.148. The van der Waals surface area contributed by atoms with Crippen molar-refractivity contribution in [2.75, 3.05) is 13.2 Å². The van der Waals surface area contributed by atoms with Gasteiger partial charge >= 0.3 is 12.1 Å². The minimum Gasteiger partial charge on any atom is -0.481 e. The van der Waals surface area contributed by atoms with Gasteiger partial charge in [-0.25, -0.2) is 4.79 Å². The molecule has 9 heteroatoms. The van der Waals surface area contributed by atoms with Crippen molar-refractivity contribution < 1.29 is 33.8 Å². The van der Waals surface area contributed by atoms with Gasteiger partial charge in [-0.15, -0.1) is 0 Å². The topological polar surface area (TPSA) is 122 Å². The highest BCUT2D eigenvalue weighted by molar-refractivity contribution is 6.07. The Balaban J connectivity index is 1.40. The Kier molecular flexibility index (Phi) is 5.29. The number of nitrogens with one attached hydrogen (secondary N) is 1. The molecule has 3 heterocycles. The Hall–Kier alpha value is -3.20. The van der Waals surface area contributed by atoms with Crippen LogP contribution in [-0.4, -0.2) is 58.7 Å². The van der Waals surface area contributed by atoms with Gasteiger partial charge in [0.05, 0.1) is 24.5 Å². The highest BCUT2D eigenvalue weighted by atomic mass is 16.6. The summed E-state index contributed by atoms with van der Waals surface area (Å²) in [4.78, 5) is 49.7. The van der Waals surface area contributed by atoms with E-state index < -0.39 is 35.6 Å². The maximum absolute atomic E-state index is 13.1. The van der Waals surface area contributed by atoms with Crippen molar-refractivity contribution in [1.29, 1.82) is 0 Å². The summed E-state index contributed by atoms with van der Waals surface area (Å²) in [5.41, 5.74) is -0.308. The first kappa shape index (κ1) is 20.1. The average Bonchev–Trinajstić information content (AvgIpc) is 3.37. The van der Waals surface area contributed by atoms with Crippen LogP contribution in [0.25, 0.3) is 0 Å². The summed E-state index contributed by atoms with van der Waals surface area (Å²) in [6, 6.07) is 9.26. The second-order valence-corrected chi connectivity index (χ2v) is 7.65. The van der Waals surface area contributed by atoms with Gasteiger partial charge in [-0.1, -0.05) is 36.4 Å². The molecule has 2 N–H and O–H groups in total. The summed E-state index contributed by atoms with van der Waals surface area (Å²) in [6.07, 6.45) is 2.42. The Morgan fingerprint density at radius 1 is 1.20 bits per heavy atom. The van der Waals surface area contributed by atoms with Crippen molar-refractivity contribution in [2.24, 2.45) is 11.8 Å². The van der Waals surface area contributed by atoms with Crippen LogP contribution in [0.5, 0.6) is 0 Å². The molecule has 3 aliphatic rings. The number of nitrogens with zero attached hydrogens (tertiary/aromatic N) is 1. The van der Waals surface area contributed by atoms with Crippen molar-refractivity contribution >= 4 is 23.9 Å². The van der Waals surface area contributed by atoms with Gasteiger partial charge in [0.25, 0.3) is 0 Å². The molecular weight excluding hydrogens is 392 g/mol. The van der Waals surface area contributed by atoms with Crippen molar-refractivity contribution in [1.82, 2.24) is 10.2 Å². The molecule has 4 rings (SSSR count). The van der Waals surface area contributed by atoms with Gasteiger partial charge in [-0.3, -0.25) is 19.3 Å². The third-order valence-electron chi connectivity index (χ3n) is 5.70. The van der Waals surface area contributed by atoms with Gasteiger partial charge in [0, 0.05) is 13.0 Å². The molecule has 30 heavy (non-hydrogen) atoms. The molecule has 1 aromatic carbocycles. The number of rotatable bonds is 8. The fourth-order valence-electron chi connectivity index (χ4n) is 4.31. The van der Waals surface area contributed by atoms with E-state index in [4.69, 9.17) is 14.6 Å². The fourth-order valence-corrected chi connectivity index (χ4v) is 4.31. The van der Waals surface area contributed by atoms with E-state index in [1.165, 1.54) is 4.90 Å². The van der Waals surface area contributed by atoms with Crippen LogP contribution in [0.1, 0.15) is 18.4 Å². The highest BCUT2D eigenvalue weighted by Gasteiger charge is 2.68. The number of alkyl carbamates (subject to hydrolysis) is 1. The number of aliphatic carboxylic acids is 1. The number of carboxylic acid groups (broad SMARTS) is 1. The summed E-state index contributed by atoms with van der Waals surface area (Å²) in [5.74, 6) is -2.90. The van der Waals surface area contributed by atoms with Crippen LogP contribution in [0, 0.1) is 11.8 Å². The molecule has 158 valence electrons. The quantitative estimate of drug-likeness (QED) is 0.371. The van der Waals surface area contributed by atoms with Crippen molar-refractivity contribution in [3.8, 4) is 0 Å². The first-order chi connectivity index (χ1) is 14.4. The zero-order valence-corrected chi connectivity index (χ0v) is 16.2. The molecule has 0 aromatic heterocycles. The fraction of sp³-hybridized carbons (Fsp3) is 0.429. The van der Waals surface area contributed by atoms with Gasteiger partial charge in [0.2, 0.25) is 11.8 Å². The molecule has 2 saturated heterocycles. The molecule has 2 fully saturated rings. The number of benzene rings is 1. The van der Waals surface area contributed by atoms with E-state index in [0.29, 0.717) is 0 Å². The van der Waals surface area contributed by atoms with Crippen LogP contribution in [0.3, 0.4) is 0 Å². The summed E-state index contributed by atoms with van der Waals surface area (Å²) >= 11 is 0. The number of carbonyl (C=O) groups is 4. The van der Waals surface area contributed by atoms with E-state index >= 15 is 0 Å². The molecule has 3 amide bonds. The first-order valence-electron chi connectivity index (χ1n) is 9.80. The number of fused-ring (bicyclic) bond motifs is 5. The number of likely N-dealkylation sites (tertiary alicyclic amines) is 1. The number of hydrogen-bond acceptors (Lipinski definition) is 6. The second kappa shape index (κ2) is 7.91. The number of amides is 3. The first-order valence-corrected chi connectivity index (χ1v) is 9.80. The lowest BCUT2D eigenvalue weighted by atomic mass is 9.77. The molecule has 2 bridgehead atoms. The van der Waals surface area contributed by atoms with E-state index in [1.807, 2.05) is 30.3 Å². The van der Waals surface area contributed by atoms with Gasteiger partial charge in [0.1, 0.15) is 12.2 Å². The molecule has 1 aromatic rings. The number of carbonyl (C=O) groups excluding carboxylic acids is 3. The normalized spacial score (nSPS) is 28.7. The highest BCUT2D eigenvalue weighted by Crippen LogP contribution is 2.52. The zero-order valence-electron chi connectivity index (χ0n) is 16.2. The predicted molar refractivity (Wildman–Crippen MR) is 102 cm³/mol. The van der Waals surface area contributed by atoms with Crippen LogP contribution in [-0.2, 0) is 30.4 Å². The van der Waals surface area contributed by atoms with Crippen LogP contribution < -0.4 is 5.32 Å². The van der Waals surface area contributed by atoms with Gasteiger partial charge in [-0.2, -0.15) is 0 Å². The number of ether oxygens (including phenoxy) is 2. The maximum atomic E-state index is 13.1. The largest absolute Gasteiger partial charge is 0.481 e. The summed E-state index contributed by atoms with van der Waals surface area (Å²) in [5, 5.41) is 11.1. The number of carboxylic acids is 1. The molecule has 4 atom stereocenters. The molecule has 9 nitrogen and oxygen atoms in total. The van der Waals surface area contributed by atoms with E-state index in [1.54, 1.807) is 12.2 Å². The molecular formula is C21H22N2O7. The van der Waals surface area contributed by atoms with Gasteiger partial charge in [-0.05, 0) is 18.1 Å². The monoisotopic (exact) mass is 414 g/mol. The minimum atomic E-state index is -1.16. The number of imide groups is 1. The standard InChI is InChI=1S/C21H22N2O7/c24-15(25)7-4-10-22-20(28)29-12-21-9-8-14(30-21)16-17(21)19(27)23(18(16)26)11-13-5-2-1-3-6-13/h1-3,5-6,8-9,14,16-17H,4,7,10-12H2,(H,22,28)(H,24,25). The van der Waals surface area contributed by atoms with Crippen molar-refractivity contribution in [3.63, 3.8) is 0 Å². The van der Waals surface area contributed by atoms with Crippen LogP contribution in [0.2, 0.25) is 0 Å². The van der Waals surface area contributed by atoms with Gasteiger partial charge < -0.3 is 19.9 Å². The van der Waals surface area contributed by atoms with Crippen LogP contribution in [0.4, 0.5) is 4.79 Å². The van der Waals surface area contributed by atoms with Crippen molar-refractivity contribution in [3.05, 3.63) is 48.0 Å². The zero-order chi connectivity index (χ0) is 21.3. The van der Waals surface area contributed by atoms with Gasteiger partial charge in [0.15, 0.2) is 0 Å². The SMILES string of the molecule is O=C(O)CCCNC(=O)OCC12C=CC(O1)C1C(=O)N(Cc3ccccc3)C(=O)C12. The Morgan fingerprint density at radius 3 is 2.70 bits per heavy atom. The van der Waals surface area contributed by atoms with E-state index in [9.17, 15) is 19.2 Å². The maximum Gasteiger partial charge on any atom is 0.407 e. The third kappa shape index (κ3) is 3.56. The van der Waals surface area contributed by atoms with Crippen LogP contribution >= 0.6 is 0 Å². The molecule has 0 aliphatic carbocycles. The Morgan fingerprint density at radius 2 is 1.97 bits per heavy atom. The smallest absolute Gasteiger partial charge is 0.407 e. The van der Waals surface area contributed by atoms with Crippen molar-refractivity contribution in [2.45, 2.75) is 31.1 Å². The van der Waals surface area contributed by atoms with E-state index in [2.05, 4.69) is 5.32 Å².